The Morgan fingerprint density at radius 2 is 2.19 bits per heavy atom. The van der Waals surface area contributed by atoms with Crippen molar-refractivity contribution in [3.8, 4) is 0 Å². The lowest BCUT2D eigenvalue weighted by Crippen LogP contribution is -2.53. The highest BCUT2D eigenvalue weighted by atomic mass is 79.9. The van der Waals surface area contributed by atoms with Crippen molar-refractivity contribution < 1.29 is 4.79 Å². The lowest BCUT2D eigenvalue weighted by molar-refractivity contribution is -0.125. The number of benzene rings is 1. The Hall–Kier alpha value is -0.580. The first-order valence-electron chi connectivity index (χ1n) is 7.38. The number of hydrogen-bond donors (Lipinski definition) is 1. The van der Waals surface area contributed by atoms with Crippen molar-refractivity contribution in [3.63, 3.8) is 0 Å². The van der Waals surface area contributed by atoms with Crippen molar-refractivity contribution in [1.29, 1.82) is 0 Å². The molecule has 21 heavy (non-hydrogen) atoms. The van der Waals surface area contributed by atoms with Crippen LogP contribution in [0.1, 0.15) is 38.2 Å². The molecule has 1 amide bonds. The molecule has 1 fully saturated rings. The first-order valence-corrected chi connectivity index (χ1v) is 8.17. The smallest absolute Gasteiger partial charge is 0.231 e. The van der Waals surface area contributed by atoms with Crippen molar-refractivity contribution in [3.05, 3.63) is 28.2 Å². The molecule has 0 radical (unpaired) electrons. The van der Waals surface area contributed by atoms with Crippen LogP contribution in [0.5, 0.6) is 0 Å². The molecule has 2 N–H and O–H groups in total. The Morgan fingerprint density at radius 1 is 1.43 bits per heavy atom. The molecular formula is C16H22BrClN2O. The number of nitrogens with two attached hydrogens (primary N) is 1. The molecule has 116 valence electrons. The van der Waals surface area contributed by atoms with E-state index in [1.54, 1.807) is 0 Å². The Kier molecular flexibility index (Phi) is 5.01. The van der Waals surface area contributed by atoms with E-state index in [1.807, 2.05) is 24.0 Å². The third-order valence-electron chi connectivity index (χ3n) is 4.76. The minimum atomic E-state index is -0.354. The highest BCUT2D eigenvalue weighted by molar-refractivity contribution is 9.10. The fourth-order valence-electron chi connectivity index (χ4n) is 3.55. The molecule has 2 aliphatic rings. The molecular weight excluding hydrogens is 352 g/mol. The summed E-state index contributed by atoms with van der Waals surface area (Å²) in [6, 6.07) is 6.17. The van der Waals surface area contributed by atoms with Gasteiger partial charge in [0.15, 0.2) is 0 Å². The van der Waals surface area contributed by atoms with Crippen LogP contribution in [0, 0.1) is 5.92 Å². The van der Waals surface area contributed by atoms with Gasteiger partial charge in [-0.05, 0) is 49.9 Å². The van der Waals surface area contributed by atoms with E-state index in [-0.39, 0.29) is 29.8 Å². The minimum Gasteiger partial charge on any atom is -0.325 e. The van der Waals surface area contributed by atoms with E-state index in [2.05, 4.69) is 22.0 Å². The largest absolute Gasteiger partial charge is 0.325 e. The number of halogens is 2. The molecule has 0 saturated heterocycles. The zero-order chi connectivity index (χ0) is 14.3. The fraction of sp³-hybridized carbons (Fsp3) is 0.562. The van der Waals surface area contributed by atoms with Crippen LogP contribution < -0.4 is 10.6 Å². The second kappa shape index (κ2) is 6.27. The fourth-order valence-corrected chi connectivity index (χ4v) is 3.96. The van der Waals surface area contributed by atoms with E-state index in [0.29, 0.717) is 0 Å². The standard InChI is InChI=1S/C16H21BrN2O.ClH/c1-16(18)8-3-2-4-13(16)15(20)19-9-7-11-10-12(17)5-6-14(11)19;/h5-6,10,13H,2-4,7-9,18H2,1H3;1H. The van der Waals surface area contributed by atoms with E-state index in [0.717, 1.165) is 48.8 Å². The normalized spacial score (nSPS) is 28.0. The molecule has 1 aromatic carbocycles. The topological polar surface area (TPSA) is 46.3 Å². The van der Waals surface area contributed by atoms with Gasteiger partial charge in [0.2, 0.25) is 5.91 Å². The average Bonchev–Trinajstić information content (AvgIpc) is 2.80. The van der Waals surface area contributed by atoms with Crippen LogP contribution in [0.2, 0.25) is 0 Å². The summed E-state index contributed by atoms with van der Waals surface area (Å²) < 4.78 is 1.08. The number of amides is 1. The van der Waals surface area contributed by atoms with Crippen LogP contribution in [-0.4, -0.2) is 18.0 Å². The lowest BCUT2D eigenvalue weighted by atomic mass is 9.74. The van der Waals surface area contributed by atoms with Crippen LogP contribution in [0.15, 0.2) is 22.7 Å². The van der Waals surface area contributed by atoms with Gasteiger partial charge in [0.05, 0.1) is 5.92 Å². The summed E-state index contributed by atoms with van der Waals surface area (Å²) in [7, 11) is 0. The molecule has 1 saturated carbocycles. The zero-order valence-electron chi connectivity index (χ0n) is 12.3. The van der Waals surface area contributed by atoms with Gasteiger partial charge in [-0.2, -0.15) is 0 Å². The Morgan fingerprint density at radius 3 is 2.90 bits per heavy atom. The van der Waals surface area contributed by atoms with Crippen molar-refractivity contribution in [2.75, 3.05) is 11.4 Å². The first-order chi connectivity index (χ1) is 9.49. The minimum absolute atomic E-state index is 0. The van der Waals surface area contributed by atoms with E-state index >= 15 is 0 Å². The third-order valence-corrected chi connectivity index (χ3v) is 5.25. The van der Waals surface area contributed by atoms with Crippen LogP contribution in [0.3, 0.4) is 0 Å². The first kappa shape index (κ1) is 16.8. The van der Waals surface area contributed by atoms with Gasteiger partial charge in [-0.25, -0.2) is 0 Å². The monoisotopic (exact) mass is 372 g/mol. The van der Waals surface area contributed by atoms with Gasteiger partial charge >= 0.3 is 0 Å². The third kappa shape index (κ3) is 3.13. The molecule has 1 aliphatic carbocycles. The number of carbonyl (C=O) groups excluding carboxylic acids is 1. The van der Waals surface area contributed by atoms with Crippen molar-refractivity contribution in [2.45, 2.75) is 44.6 Å². The van der Waals surface area contributed by atoms with Crippen molar-refractivity contribution >= 4 is 39.9 Å². The second-order valence-corrected chi connectivity index (χ2v) is 7.23. The van der Waals surface area contributed by atoms with Crippen LogP contribution in [0.25, 0.3) is 0 Å². The summed E-state index contributed by atoms with van der Waals surface area (Å²) in [4.78, 5) is 14.8. The Balaban J connectivity index is 0.00000161. The van der Waals surface area contributed by atoms with Crippen molar-refractivity contribution in [1.82, 2.24) is 0 Å². The molecule has 0 aromatic heterocycles. The van der Waals surface area contributed by atoms with Crippen LogP contribution in [-0.2, 0) is 11.2 Å². The Bertz CT molecular complexity index is 547. The molecule has 1 aromatic rings. The predicted octanol–water partition coefficient (Wildman–Crippen LogP) is 3.67. The van der Waals surface area contributed by atoms with Crippen molar-refractivity contribution in [2.24, 2.45) is 11.7 Å². The SMILES string of the molecule is CC1(N)CCCCC1C(=O)N1CCc2cc(Br)ccc21.Cl. The molecule has 2 atom stereocenters. The summed E-state index contributed by atoms with van der Waals surface area (Å²) in [5.74, 6) is 0.182. The van der Waals surface area contributed by atoms with Crippen LogP contribution in [0.4, 0.5) is 5.69 Å². The number of anilines is 1. The number of nitrogens with zero attached hydrogens (tertiary/aromatic N) is 1. The quantitative estimate of drug-likeness (QED) is 0.816. The van der Waals surface area contributed by atoms with Gasteiger partial charge in [-0.15, -0.1) is 12.4 Å². The number of carbonyl (C=O) groups is 1. The summed E-state index contributed by atoms with van der Waals surface area (Å²) >= 11 is 3.49. The number of hydrogen-bond acceptors (Lipinski definition) is 2. The van der Waals surface area contributed by atoms with Gasteiger partial charge in [-0.3, -0.25) is 4.79 Å². The van der Waals surface area contributed by atoms with Gasteiger partial charge in [0.1, 0.15) is 0 Å². The maximum absolute atomic E-state index is 12.9. The molecule has 0 bridgehead atoms. The van der Waals surface area contributed by atoms with Gasteiger partial charge in [0.25, 0.3) is 0 Å². The zero-order valence-corrected chi connectivity index (χ0v) is 14.7. The molecule has 1 aliphatic heterocycles. The molecule has 0 spiro atoms. The van der Waals surface area contributed by atoms with E-state index in [1.165, 1.54) is 5.56 Å². The molecule has 3 nitrogen and oxygen atoms in total. The molecule has 5 heteroatoms. The maximum atomic E-state index is 12.9. The van der Waals surface area contributed by atoms with E-state index in [4.69, 9.17) is 5.73 Å². The van der Waals surface area contributed by atoms with Gasteiger partial charge in [-0.1, -0.05) is 28.8 Å². The maximum Gasteiger partial charge on any atom is 0.231 e. The molecule has 2 unspecified atom stereocenters. The Labute approximate surface area is 140 Å². The van der Waals surface area contributed by atoms with Gasteiger partial charge < -0.3 is 10.6 Å². The number of fused-ring (bicyclic) bond motifs is 1. The molecule has 3 rings (SSSR count). The van der Waals surface area contributed by atoms with E-state index in [9.17, 15) is 4.79 Å². The predicted molar refractivity (Wildman–Crippen MR) is 92.0 cm³/mol. The highest BCUT2D eigenvalue weighted by Crippen LogP contribution is 2.37. The van der Waals surface area contributed by atoms with Gasteiger partial charge in [0, 0.05) is 22.2 Å². The summed E-state index contributed by atoms with van der Waals surface area (Å²) in [6.07, 6.45) is 5.07. The molecule has 1 heterocycles. The average molecular weight is 374 g/mol. The van der Waals surface area contributed by atoms with Crippen LogP contribution >= 0.6 is 28.3 Å². The summed E-state index contributed by atoms with van der Waals surface area (Å²) in [6.45, 7) is 2.82. The lowest BCUT2D eigenvalue weighted by Gasteiger charge is -2.39. The summed E-state index contributed by atoms with van der Waals surface area (Å²) in [5.41, 5.74) is 8.35. The second-order valence-electron chi connectivity index (χ2n) is 6.32. The highest BCUT2D eigenvalue weighted by Gasteiger charge is 2.41. The number of rotatable bonds is 1. The van der Waals surface area contributed by atoms with E-state index < -0.39 is 0 Å². The summed E-state index contributed by atoms with van der Waals surface area (Å²) in [5, 5.41) is 0.